The Morgan fingerprint density at radius 3 is 2.45 bits per heavy atom. The molecule has 31 heavy (non-hydrogen) atoms. The summed E-state index contributed by atoms with van der Waals surface area (Å²) in [6, 6.07) is 9.01. The molecule has 0 aromatic heterocycles. The molecule has 3 fully saturated rings. The number of thioether (sulfide) groups is 1. The van der Waals surface area contributed by atoms with Crippen molar-refractivity contribution in [3.05, 3.63) is 24.3 Å². The van der Waals surface area contributed by atoms with Crippen LogP contribution in [0.5, 0.6) is 0 Å². The number of β-amino-alcohol motifs (C(OH)–C–C–N with tert-alkyl or cyclic N) is 1. The lowest BCUT2D eigenvalue weighted by Gasteiger charge is -2.42. The second kappa shape index (κ2) is 11.0. The van der Waals surface area contributed by atoms with Gasteiger partial charge in [-0.05, 0) is 87.5 Å². The molecule has 1 saturated carbocycles. The summed E-state index contributed by atoms with van der Waals surface area (Å²) in [5.41, 5.74) is 2.18. The van der Waals surface area contributed by atoms with E-state index in [1.807, 2.05) is 0 Å². The van der Waals surface area contributed by atoms with E-state index < -0.39 is 0 Å². The van der Waals surface area contributed by atoms with Gasteiger partial charge in [-0.1, -0.05) is 18.2 Å². The monoisotopic (exact) mass is 461 g/mol. The first-order chi connectivity index (χ1) is 15.1. The van der Waals surface area contributed by atoms with E-state index >= 15 is 0 Å². The van der Waals surface area contributed by atoms with Gasteiger partial charge in [0.2, 0.25) is 0 Å². The lowest BCUT2D eigenvalue weighted by atomic mass is 9.87. The third kappa shape index (κ3) is 6.57. The molecule has 1 aromatic rings. The van der Waals surface area contributed by atoms with Gasteiger partial charge in [-0.2, -0.15) is 0 Å². The molecule has 0 radical (unpaired) electrons. The lowest BCUT2D eigenvalue weighted by Crippen LogP contribution is -2.49. The van der Waals surface area contributed by atoms with Gasteiger partial charge < -0.3 is 20.6 Å². The van der Waals surface area contributed by atoms with Crippen molar-refractivity contribution in [1.29, 1.82) is 5.41 Å². The van der Waals surface area contributed by atoms with Crippen molar-refractivity contribution in [2.75, 3.05) is 42.1 Å². The molecule has 0 amide bonds. The summed E-state index contributed by atoms with van der Waals surface area (Å²) in [5.74, 6) is 1.79. The van der Waals surface area contributed by atoms with E-state index in [4.69, 9.17) is 17.6 Å². The molecule has 170 valence electrons. The molecule has 2 aliphatic heterocycles. The fraction of sp³-hybridized carbons (Fsp3) is 0.652. The zero-order valence-electron chi connectivity index (χ0n) is 18.2. The second-order valence-corrected chi connectivity index (χ2v) is 10.5. The van der Waals surface area contributed by atoms with Crippen molar-refractivity contribution in [2.45, 2.75) is 57.1 Å². The number of rotatable bonds is 5. The number of aliphatic hydroxyl groups is 1. The predicted molar refractivity (Wildman–Crippen MR) is 135 cm³/mol. The van der Waals surface area contributed by atoms with E-state index in [0.717, 1.165) is 69.2 Å². The average Bonchev–Trinajstić information content (AvgIpc) is 2.73. The van der Waals surface area contributed by atoms with Gasteiger partial charge in [0.25, 0.3) is 0 Å². The fourth-order valence-electron chi connectivity index (χ4n) is 4.72. The van der Waals surface area contributed by atoms with Gasteiger partial charge in [0.15, 0.2) is 10.3 Å². The smallest absolute Gasteiger partial charge is 0.176 e. The number of anilines is 2. The van der Waals surface area contributed by atoms with Crippen LogP contribution in [-0.2, 0) is 0 Å². The number of hydrogen-bond donors (Lipinski definition) is 4. The van der Waals surface area contributed by atoms with Crippen LogP contribution in [0.2, 0.25) is 0 Å². The Balaban J connectivity index is 1.19. The van der Waals surface area contributed by atoms with Gasteiger partial charge in [-0.3, -0.25) is 10.3 Å². The van der Waals surface area contributed by atoms with Crippen molar-refractivity contribution in [2.24, 2.45) is 5.92 Å². The van der Waals surface area contributed by atoms with Gasteiger partial charge in [0.05, 0.1) is 6.10 Å². The maximum absolute atomic E-state index is 9.95. The largest absolute Gasteiger partial charge is 0.392 e. The molecule has 0 spiro atoms. The summed E-state index contributed by atoms with van der Waals surface area (Å²) >= 11 is 6.92. The van der Waals surface area contributed by atoms with Gasteiger partial charge in [0.1, 0.15) is 0 Å². The Kier molecular flexibility index (Phi) is 8.09. The highest BCUT2D eigenvalue weighted by Crippen LogP contribution is 2.29. The van der Waals surface area contributed by atoms with Crippen molar-refractivity contribution in [3.63, 3.8) is 0 Å². The zero-order valence-corrected chi connectivity index (χ0v) is 19.8. The number of likely N-dealkylation sites (tertiary alicyclic amines) is 1. The van der Waals surface area contributed by atoms with E-state index in [1.54, 1.807) is 11.8 Å². The molecule has 8 heteroatoms. The minimum Gasteiger partial charge on any atom is -0.392 e. The zero-order chi connectivity index (χ0) is 21.6. The molecule has 1 unspecified atom stereocenters. The molecular weight excluding hydrogens is 426 g/mol. The van der Waals surface area contributed by atoms with Crippen LogP contribution in [0.25, 0.3) is 0 Å². The van der Waals surface area contributed by atoms with Crippen LogP contribution >= 0.6 is 24.0 Å². The Morgan fingerprint density at radius 1 is 1.06 bits per heavy atom. The van der Waals surface area contributed by atoms with E-state index in [0.29, 0.717) is 16.3 Å². The summed E-state index contributed by atoms with van der Waals surface area (Å²) in [5, 5.41) is 25.1. The summed E-state index contributed by atoms with van der Waals surface area (Å²) in [6.07, 6.45) is 8.17. The lowest BCUT2D eigenvalue weighted by molar-refractivity contribution is 0.0398. The maximum Gasteiger partial charge on any atom is 0.176 e. The summed E-state index contributed by atoms with van der Waals surface area (Å²) in [7, 11) is 0. The summed E-state index contributed by atoms with van der Waals surface area (Å²) < 4.78 is 0. The van der Waals surface area contributed by atoms with Crippen molar-refractivity contribution < 1.29 is 5.11 Å². The highest BCUT2D eigenvalue weighted by atomic mass is 32.2. The number of hydrogen-bond acceptors (Lipinski definition) is 6. The molecule has 2 heterocycles. The minimum atomic E-state index is -0.141. The third-order valence-corrected chi connectivity index (χ3v) is 8.05. The molecule has 0 bridgehead atoms. The van der Waals surface area contributed by atoms with Crippen molar-refractivity contribution in [3.8, 4) is 0 Å². The topological polar surface area (TPSA) is 74.6 Å². The first-order valence-corrected chi connectivity index (χ1v) is 13.0. The molecule has 6 nitrogen and oxygen atoms in total. The van der Waals surface area contributed by atoms with Crippen LogP contribution in [0.15, 0.2) is 24.3 Å². The first-order valence-electron chi connectivity index (χ1n) is 11.6. The fourth-order valence-corrected chi connectivity index (χ4v) is 5.92. The Morgan fingerprint density at radius 2 is 1.81 bits per heavy atom. The number of amidine groups is 1. The average molecular weight is 462 g/mol. The standard InChI is InChI=1S/C23H35N5OS2/c24-22(31-16-17-3-1-4-17)26-23(30)25-18-6-8-19(9-7-18)27-13-10-20(11-14-27)28-12-2-5-21(29)15-28/h6-9,17,20-21,29H,1-5,10-16H2,(H3,24,25,26,30). The number of nitrogens with zero attached hydrogens (tertiary/aromatic N) is 2. The van der Waals surface area contributed by atoms with Gasteiger partial charge in [-0.15, -0.1) is 0 Å². The highest BCUT2D eigenvalue weighted by Gasteiger charge is 2.28. The van der Waals surface area contributed by atoms with E-state index in [1.165, 1.54) is 24.9 Å². The highest BCUT2D eigenvalue weighted by molar-refractivity contribution is 8.13. The Labute approximate surface area is 195 Å². The number of aliphatic hydroxyl groups excluding tert-OH is 1. The van der Waals surface area contributed by atoms with E-state index in [9.17, 15) is 5.11 Å². The number of benzene rings is 1. The SMILES string of the molecule is N=C(NC(=S)Nc1ccc(N2CCC(N3CCCC(O)C3)CC2)cc1)SCC1CCC1. The van der Waals surface area contributed by atoms with Crippen molar-refractivity contribution >= 4 is 45.6 Å². The van der Waals surface area contributed by atoms with Crippen LogP contribution in [0, 0.1) is 11.3 Å². The van der Waals surface area contributed by atoms with E-state index in [2.05, 4.69) is 44.7 Å². The second-order valence-electron chi connectivity index (χ2n) is 9.07. The first kappa shape index (κ1) is 22.8. The number of nitrogens with one attached hydrogen (secondary N) is 3. The number of piperidine rings is 2. The molecule has 1 atom stereocenters. The van der Waals surface area contributed by atoms with E-state index in [-0.39, 0.29) is 6.10 Å². The summed E-state index contributed by atoms with van der Waals surface area (Å²) in [6.45, 7) is 4.08. The molecule has 1 aliphatic carbocycles. The maximum atomic E-state index is 9.95. The summed E-state index contributed by atoms with van der Waals surface area (Å²) in [4.78, 5) is 4.94. The predicted octanol–water partition coefficient (Wildman–Crippen LogP) is 3.87. The van der Waals surface area contributed by atoms with Crippen LogP contribution in [0.1, 0.15) is 44.9 Å². The van der Waals surface area contributed by atoms with Crippen LogP contribution in [0.4, 0.5) is 11.4 Å². The van der Waals surface area contributed by atoms with Crippen molar-refractivity contribution in [1.82, 2.24) is 10.2 Å². The number of thiocarbonyl (C=S) groups is 1. The van der Waals surface area contributed by atoms with Gasteiger partial charge in [0, 0.05) is 42.8 Å². The quantitative estimate of drug-likeness (QED) is 0.301. The Bertz CT molecular complexity index is 747. The molecular formula is C23H35N5OS2. The van der Waals surface area contributed by atoms with Crippen LogP contribution in [0.3, 0.4) is 0 Å². The molecule has 1 aromatic carbocycles. The van der Waals surface area contributed by atoms with Crippen LogP contribution in [-0.4, -0.2) is 64.4 Å². The van der Waals surface area contributed by atoms with Crippen LogP contribution < -0.4 is 15.5 Å². The Hall–Kier alpha value is -1.35. The van der Waals surface area contributed by atoms with Gasteiger partial charge in [-0.25, -0.2) is 0 Å². The molecule has 4 rings (SSSR count). The minimum absolute atomic E-state index is 0.141. The normalized spacial score (nSPS) is 23.3. The third-order valence-electron chi connectivity index (χ3n) is 6.81. The molecule has 2 saturated heterocycles. The van der Waals surface area contributed by atoms with Gasteiger partial charge >= 0.3 is 0 Å². The molecule has 4 N–H and O–H groups in total. The molecule has 3 aliphatic rings.